The number of ether oxygens (including phenoxy) is 3. The third kappa shape index (κ3) is 23.6. The van der Waals surface area contributed by atoms with Crippen molar-refractivity contribution in [2.24, 2.45) is 53.1 Å². The van der Waals surface area contributed by atoms with Crippen LogP contribution in [0.25, 0.3) is 0 Å². The number of aliphatic hydroxyl groups excluding tert-OH is 1. The number of hydrogen-bond acceptors (Lipinski definition) is 17. The average Bonchev–Trinajstić information content (AvgIpc) is 1.59. The van der Waals surface area contributed by atoms with Crippen LogP contribution >= 0.6 is 0 Å². The highest BCUT2D eigenvalue weighted by Gasteiger charge is 2.53. The summed E-state index contributed by atoms with van der Waals surface area (Å²) in [6.45, 7) is 15.7. The van der Waals surface area contributed by atoms with E-state index in [1.54, 1.807) is 73.8 Å². The van der Waals surface area contributed by atoms with E-state index in [0.717, 1.165) is 18.4 Å². The van der Waals surface area contributed by atoms with Crippen molar-refractivity contribution in [3.8, 4) is 0 Å². The quantitative estimate of drug-likeness (QED) is 0.0263. The summed E-state index contributed by atoms with van der Waals surface area (Å²) in [7, 11) is 4.85. The van der Waals surface area contributed by atoms with Gasteiger partial charge in [-0.3, -0.25) is 43.3 Å². The van der Waals surface area contributed by atoms with E-state index in [1.807, 2.05) is 83.7 Å². The van der Waals surface area contributed by atoms with E-state index in [1.165, 1.54) is 6.92 Å². The fraction of sp³-hybridized carbons (Fsp3) is 0.649. The van der Waals surface area contributed by atoms with Crippen LogP contribution in [0.15, 0.2) is 73.1 Å². The minimum Gasteiger partial charge on any atom is -0.445 e. The Kier molecular flexibility index (Phi) is 33.1. The van der Waals surface area contributed by atoms with Crippen LogP contribution in [0, 0.1) is 47.3 Å². The van der Waals surface area contributed by atoms with Gasteiger partial charge in [0, 0.05) is 115 Å². The molecule has 2 aliphatic heterocycles. The molecule has 2 saturated heterocycles. The van der Waals surface area contributed by atoms with E-state index in [9.17, 15) is 53.1 Å². The van der Waals surface area contributed by atoms with Gasteiger partial charge in [-0.15, -0.1) is 0 Å². The number of benzene rings is 2. The van der Waals surface area contributed by atoms with E-state index >= 15 is 4.79 Å². The van der Waals surface area contributed by atoms with Gasteiger partial charge in [-0.2, -0.15) is 0 Å². The van der Waals surface area contributed by atoms with Crippen molar-refractivity contribution in [2.45, 2.75) is 232 Å². The molecule has 24 heteroatoms. The first-order valence-electron chi connectivity index (χ1n) is 36.5. The molecule has 15 atom stereocenters. The minimum absolute atomic E-state index is 0.0120. The second-order valence-corrected chi connectivity index (χ2v) is 29.0. The average molecular weight is 1400 g/mol. The van der Waals surface area contributed by atoms with Gasteiger partial charge in [0.05, 0.1) is 48.7 Å². The molecular formula is C77H113N9O15. The number of rotatable bonds is 44. The van der Waals surface area contributed by atoms with Gasteiger partial charge >= 0.3 is 12.1 Å². The lowest BCUT2D eigenvalue weighted by atomic mass is 9.83. The number of piperidine rings is 1. The first-order chi connectivity index (χ1) is 48.2. The summed E-state index contributed by atoms with van der Waals surface area (Å²) in [5.74, 6) is -5.32. The fourth-order valence-corrected chi connectivity index (χ4v) is 15.0. The lowest BCUT2D eigenvalue weighted by Gasteiger charge is -2.41. The number of Topliss-reactive ketones (excluding diaryl/α,β-unsaturated/α-hetero) is 4. The van der Waals surface area contributed by atoms with Crippen LogP contribution in [0.2, 0.25) is 0 Å². The van der Waals surface area contributed by atoms with Gasteiger partial charge < -0.3 is 55.6 Å². The number of carbonyl (C=O) groups excluding carboxylic acids is 11. The first kappa shape index (κ1) is 82.1. The molecule has 3 fully saturated rings. The number of fused-ring (bicyclic) bond motifs is 2. The monoisotopic (exact) mass is 1400 g/mol. The van der Waals surface area contributed by atoms with Crippen molar-refractivity contribution in [1.82, 2.24) is 40.6 Å². The molecule has 6 N–H and O–H groups in total. The highest BCUT2D eigenvalue weighted by atomic mass is 16.6. The fourth-order valence-electron chi connectivity index (χ4n) is 15.0. The topological polar surface area (TPSA) is 333 Å². The first-order valence-corrected chi connectivity index (χ1v) is 36.5. The molecule has 0 radical (unpaired) electrons. The standard InChI is InChI=1S/C77H113N9O15/c1-12-49(6)69(67(99-10)44-68(93)85-37-20-26-62(85)71(100-11)50(7)63(89)41-56(72-79-35-21-36-80-72)38-52-22-15-13-16-23-52)84(9)75(96)60(48(4)5)43-65(91)70-55-31-32-57(40-55)86(70)77(98)101-46-54-29-27-53(28-30-54)39-64(90)61(25-19-34-82-76(78)97)83-74(95)59(47(2)3)42-58(88)24-17-14-18-33-81-73(94)51(8)66(92)45-87/h13,15-16,21-23,27-30,35-36,45,47-51,55-57,59-62,66-67,69-71,92H,12,14,17-20,24-26,31-34,37-44,46H2,1-11H3,(H,81,94)(H,83,95)(H3,78,82,97)/t49-,50-,51?,55-,56-,57+,59-,60-,61-,62-,66?,67+,69?,70-,71+/m0/s1. The Bertz CT molecular complexity index is 3210. The zero-order chi connectivity index (χ0) is 74.0. The number of methoxy groups -OCH3 is 2. The SMILES string of the molecule is CC[C@H](C)C([C@@H](CC(=O)N1CCC[C@H]1[C@H](OC)[C@@H](C)C(=O)C[C@H](Cc1ccccc1)c1ncccn1)OC)N(C)C(=O)[C@@H](CC(=O)[C@@H]1[C@H]2CC[C@H](C2)N1C(=O)OCc1ccc(CC(=O)[C@H](CCCNC(N)=O)NC(=O)[C@@H](CC(=O)CCCCCNC(=O)C(C)C(O)C=O)C(C)C)cc1)C(C)C. The van der Waals surface area contributed by atoms with E-state index in [-0.39, 0.29) is 135 Å². The van der Waals surface area contributed by atoms with Gasteiger partial charge in [0.25, 0.3) is 0 Å². The number of nitrogens with zero attached hydrogens (tertiary/aromatic N) is 5. The predicted molar refractivity (Wildman–Crippen MR) is 380 cm³/mol. The predicted octanol–water partition coefficient (Wildman–Crippen LogP) is 8.25. The Morgan fingerprint density at radius 1 is 0.733 bits per heavy atom. The van der Waals surface area contributed by atoms with Gasteiger partial charge in [0.15, 0.2) is 11.6 Å². The van der Waals surface area contributed by atoms with Gasteiger partial charge in [0.2, 0.25) is 23.6 Å². The molecule has 7 amide bonds. The molecule has 1 aliphatic carbocycles. The zero-order valence-electron chi connectivity index (χ0n) is 61.4. The number of aldehydes is 1. The molecule has 6 rings (SSSR count). The molecule has 1 aromatic heterocycles. The third-order valence-electron chi connectivity index (χ3n) is 21.3. The zero-order valence-corrected chi connectivity index (χ0v) is 61.4. The Balaban J connectivity index is 1.04. The number of likely N-dealkylation sites (N-methyl/N-ethyl adjacent to an activating group) is 1. The summed E-state index contributed by atoms with van der Waals surface area (Å²) >= 11 is 0. The largest absolute Gasteiger partial charge is 0.445 e. The molecule has 2 bridgehead atoms. The molecule has 2 aromatic carbocycles. The number of amides is 7. The molecule has 3 unspecified atom stereocenters. The highest BCUT2D eigenvalue weighted by Crippen LogP contribution is 2.44. The number of nitrogens with one attached hydrogen (secondary N) is 3. The maximum absolute atomic E-state index is 15.1. The van der Waals surface area contributed by atoms with Crippen molar-refractivity contribution >= 4 is 65.2 Å². The number of unbranched alkanes of at least 4 members (excludes halogenated alkanes) is 2. The molecule has 3 aliphatic rings. The van der Waals surface area contributed by atoms with Crippen LogP contribution in [-0.2, 0) is 76.8 Å². The number of ketones is 4. The van der Waals surface area contributed by atoms with Crippen LogP contribution in [0.1, 0.15) is 187 Å². The normalized spacial score (nSPS) is 19.7. The number of nitrogens with two attached hydrogens (primary N) is 1. The summed E-state index contributed by atoms with van der Waals surface area (Å²) in [5, 5.41) is 17.7. The van der Waals surface area contributed by atoms with Gasteiger partial charge in [-0.05, 0) is 111 Å². The third-order valence-corrected chi connectivity index (χ3v) is 21.3. The molecule has 24 nitrogen and oxygen atoms in total. The number of carbonyl (C=O) groups is 11. The summed E-state index contributed by atoms with van der Waals surface area (Å²) in [4.78, 5) is 163. The Labute approximate surface area is 596 Å². The van der Waals surface area contributed by atoms with Crippen molar-refractivity contribution in [3.63, 3.8) is 0 Å². The number of primary amides is 1. The Hall–Kier alpha value is -7.83. The molecule has 3 aromatic rings. The summed E-state index contributed by atoms with van der Waals surface area (Å²) in [5.41, 5.74) is 7.60. The number of likely N-dealkylation sites (tertiary alicyclic amines) is 2. The lowest BCUT2D eigenvalue weighted by Crippen LogP contribution is -2.54. The van der Waals surface area contributed by atoms with E-state index in [0.29, 0.717) is 94.1 Å². The lowest BCUT2D eigenvalue weighted by molar-refractivity contribution is -0.149. The van der Waals surface area contributed by atoms with E-state index in [2.05, 4.69) is 25.9 Å². The summed E-state index contributed by atoms with van der Waals surface area (Å²) < 4.78 is 18.3. The summed E-state index contributed by atoms with van der Waals surface area (Å²) in [6, 6.07) is 15.0. The van der Waals surface area contributed by atoms with Crippen LogP contribution in [-0.4, -0.2) is 184 Å². The Morgan fingerprint density at radius 2 is 1.41 bits per heavy atom. The maximum Gasteiger partial charge on any atom is 0.410 e. The van der Waals surface area contributed by atoms with Gasteiger partial charge in [-0.1, -0.05) is 123 Å². The number of urea groups is 1. The van der Waals surface area contributed by atoms with Crippen LogP contribution in [0.3, 0.4) is 0 Å². The van der Waals surface area contributed by atoms with E-state index < -0.39 is 84.0 Å². The van der Waals surface area contributed by atoms with Gasteiger partial charge in [0.1, 0.15) is 36.4 Å². The highest BCUT2D eigenvalue weighted by molar-refractivity contribution is 5.94. The number of aromatic nitrogens is 2. The van der Waals surface area contributed by atoms with Crippen molar-refractivity contribution in [1.29, 1.82) is 0 Å². The Morgan fingerprint density at radius 3 is 2.04 bits per heavy atom. The van der Waals surface area contributed by atoms with Crippen LogP contribution in [0.5, 0.6) is 0 Å². The second-order valence-electron chi connectivity index (χ2n) is 29.0. The number of aliphatic hydroxyl groups is 1. The molecule has 101 heavy (non-hydrogen) atoms. The van der Waals surface area contributed by atoms with Crippen molar-refractivity contribution in [3.05, 3.63) is 95.6 Å². The van der Waals surface area contributed by atoms with Crippen LogP contribution in [0.4, 0.5) is 9.59 Å². The van der Waals surface area contributed by atoms with Gasteiger partial charge in [-0.25, -0.2) is 19.6 Å². The molecular weight excluding hydrogens is 1290 g/mol. The molecule has 3 heterocycles. The van der Waals surface area contributed by atoms with Crippen molar-refractivity contribution in [2.75, 3.05) is 40.9 Å². The van der Waals surface area contributed by atoms with Crippen LogP contribution < -0.4 is 21.7 Å². The van der Waals surface area contributed by atoms with E-state index in [4.69, 9.17) is 19.9 Å². The number of hydrogen-bond donors (Lipinski definition) is 5. The maximum atomic E-state index is 15.1. The minimum atomic E-state index is -1.39. The molecule has 0 spiro atoms. The van der Waals surface area contributed by atoms with Crippen molar-refractivity contribution < 1.29 is 72.1 Å². The summed E-state index contributed by atoms with van der Waals surface area (Å²) in [6.07, 6.45) is 7.40. The molecule has 556 valence electrons. The smallest absolute Gasteiger partial charge is 0.410 e. The second kappa shape index (κ2) is 40.7. The molecule has 1 saturated carbocycles.